The van der Waals surface area contributed by atoms with Crippen LogP contribution in [-0.2, 0) is 9.53 Å². The van der Waals surface area contributed by atoms with Gasteiger partial charge in [-0.15, -0.1) is 0 Å². The van der Waals surface area contributed by atoms with Crippen LogP contribution in [0.25, 0.3) is 0 Å². The van der Waals surface area contributed by atoms with Gasteiger partial charge < -0.3 is 15.2 Å². The van der Waals surface area contributed by atoms with Gasteiger partial charge in [-0.05, 0) is 24.6 Å². The molecule has 0 radical (unpaired) electrons. The number of hydrogen-bond donors (Lipinski definition) is 1. The van der Waals surface area contributed by atoms with Crippen LogP contribution in [0.1, 0.15) is 19.8 Å². The Balaban J connectivity index is 2.12. The van der Waals surface area contributed by atoms with E-state index in [4.69, 9.17) is 15.2 Å². The molecule has 0 spiro atoms. The van der Waals surface area contributed by atoms with Crippen LogP contribution in [0.3, 0.4) is 0 Å². The van der Waals surface area contributed by atoms with Crippen molar-refractivity contribution in [1.29, 1.82) is 0 Å². The van der Waals surface area contributed by atoms with Crippen molar-refractivity contribution >= 4 is 5.97 Å². The second kappa shape index (κ2) is 8.53. The smallest absolute Gasteiger partial charge is 0.306 e. The maximum absolute atomic E-state index is 11.4. The third kappa shape index (κ3) is 5.68. The highest BCUT2D eigenvalue weighted by Crippen LogP contribution is 2.09. The second-order valence-corrected chi connectivity index (χ2v) is 4.10. The van der Waals surface area contributed by atoms with Gasteiger partial charge in [-0.2, -0.15) is 0 Å². The number of ether oxygens (including phenoxy) is 2. The maximum atomic E-state index is 11.4. The predicted octanol–water partition coefficient (Wildman–Crippen LogP) is 1.98. The summed E-state index contributed by atoms with van der Waals surface area (Å²) in [6.07, 6.45) is 1.28. The Labute approximate surface area is 108 Å². The first-order valence-corrected chi connectivity index (χ1v) is 6.29. The second-order valence-electron chi connectivity index (χ2n) is 4.10. The zero-order valence-corrected chi connectivity index (χ0v) is 10.8. The fourth-order valence-electron chi connectivity index (χ4n) is 1.52. The van der Waals surface area contributed by atoms with Gasteiger partial charge in [0.1, 0.15) is 19.0 Å². The zero-order chi connectivity index (χ0) is 13.2. The van der Waals surface area contributed by atoms with Gasteiger partial charge in [-0.1, -0.05) is 31.5 Å². The van der Waals surface area contributed by atoms with Crippen molar-refractivity contribution in [2.24, 2.45) is 11.7 Å². The molecule has 4 nitrogen and oxygen atoms in total. The minimum Gasteiger partial charge on any atom is -0.490 e. The van der Waals surface area contributed by atoms with Crippen molar-refractivity contribution in [3.8, 4) is 5.75 Å². The van der Waals surface area contributed by atoms with E-state index >= 15 is 0 Å². The molecule has 1 unspecified atom stereocenters. The standard InChI is InChI=1S/C14H21NO3/c1-2-12(11-15)10-14(16)18-9-8-17-13-6-4-3-5-7-13/h3-7,12H,2,8-11,15H2,1H3. The first-order valence-electron chi connectivity index (χ1n) is 6.29. The molecule has 0 amide bonds. The highest BCUT2D eigenvalue weighted by molar-refractivity contribution is 5.69. The summed E-state index contributed by atoms with van der Waals surface area (Å²) in [6.45, 7) is 3.18. The Morgan fingerprint density at radius 1 is 1.28 bits per heavy atom. The molecule has 0 fully saturated rings. The Bertz CT molecular complexity index is 336. The number of hydrogen-bond acceptors (Lipinski definition) is 4. The number of rotatable bonds is 8. The molecule has 100 valence electrons. The molecule has 0 saturated carbocycles. The van der Waals surface area contributed by atoms with Crippen LogP contribution in [-0.4, -0.2) is 25.7 Å². The molecule has 0 heterocycles. The Morgan fingerprint density at radius 2 is 2.00 bits per heavy atom. The quantitative estimate of drug-likeness (QED) is 0.567. The van der Waals surface area contributed by atoms with E-state index in [2.05, 4.69) is 0 Å². The van der Waals surface area contributed by atoms with E-state index in [1.54, 1.807) is 0 Å². The lowest BCUT2D eigenvalue weighted by Crippen LogP contribution is -2.20. The van der Waals surface area contributed by atoms with E-state index in [0.29, 0.717) is 19.6 Å². The van der Waals surface area contributed by atoms with E-state index in [0.717, 1.165) is 12.2 Å². The van der Waals surface area contributed by atoms with Crippen LogP contribution in [0.15, 0.2) is 30.3 Å². The van der Waals surface area contributed by atoms with E-state index in [1.807, 2.05) is 37.3 Å². The van der Waals surface area contributed by atoms with E-state index in [9.17, 15) is 4.79 Å². The van der Waals surface area contributed by atoms with Crippen LogP contribution in [0.4, 0.5) is 0 Å². The van der Waals surface area contributed by atoms with E-state index < -0.39 is 0 Å². The molecule has 0 saturated heterocycles. The molecule has 0 aromatic heterocycles. The van der Waals surface area contributed by atoms with Crippen LogP contribution in [0, 0.1) is 5.92 Å². The summed E-state index contributed by atoms with van der Waals surface area (Å²) in [5.74, 6) is 0.790. The predicted molar refractivity (Wildman–Crippen MR) is 70.3 cm³/mol. The number of benzene rings is 1. The molecule has 1 aromatic carbocycles. The fraction of sp³-hybridized carbons (Fsp3) is 0.500. The molecule has 1 atom stereocenters. The fourth-order valence-corrected chi connectivity index (χ4v) is 1.52. The van der Waals surface area contributed by atoms with Crippen LogP contribution in [0.2, 0.25) is 0 Å². The summed E-state index contributed by atoms with van der Waals surface area (Å²) in [6, 6.07) is 9.44. The third-order valence-electron chi connectivity index (χ3n) is 2.72. The van der Waals surface area contributed by atoms with Crippen molar-refractivity contribution in [3.63, 3.8) is 0 Å². The number of para-hydroxylation sites is 1. The number of nitrogens with two attached hydrogens (primary N) is 1. The molecule has 0 aliphatic heterocycles. The lowest BCUT2D eigenvalue weighted by Gasteiger charge is -2.11. The van der Waals surface area contributed by atoms with Gasteiger partial charge in [0, 0.05) is 6.42 Å². The summed E-state index contributed by atoms with van der Waals surface area (Å²) in [7, 11) is 0. The average Bonchev–Trinajstić information content (AvgIpc) is 2.42. The Hall–Kier alpha value is -1.55. The van der Waals surface area contributed by atoms with Crippen molar-refractivity contribution < 1.29 is 14.3 Å². The molecule has 0 aliphatic rings. The van der Waals surface area contributed by atoms with Gasteiger partial charge in [0.25, 0.3) is 0 Å². The minimum atomic E-state index is -0.205. The average molecular weight is 251 g/mol. The van der Waals surface area contributed by atoms with Crippen molar-refractivity contribution in [2.75, 3.05) is 19.8 Å². The van der Waals surface area contributed by atoms with Crippen molar-refractivity contribution in [1.82, 2.24) is 0 Å². The molecule has 4 heteroatoms. The Kier molecular flexibility index (Phi) is 6.87. The van der Waals surface area contributed by atoms with Crippen LogP contribution in [0.5, 0.6) is 5.75 Å². The topological polar surface area (TPSA) is 61.6 Å². The highest BCUT2D eigenvalue weighted by atomic mass is 16.6. The van der Waals surface area contributed by atoms with Gasteiger partial charge in [-0.25, -0.2) is 0 Å². The van der Waals surface area contributed by atoms with Gasteiger partial charge >= 0.3 is 5.97 Å². The first kappa shape index (κ1) is 14.5. The molecule has 18 heavy (non-hydrogen) atoms. The SMILES string of the molecule is CCC(CN)CC(=O)OCCOc1ccccc1. The number of carbonyl (C=O) groups is 1. The van der Waals surface area contributed by atoms with Crippen molar-refractivity contribution in [2.45, 2.75) is 19.8 Å². The lowest BCUT2D eigenvalue weighted by molar-refractivity contribution is -0.145. The highest BCUT2D eigenvalue weighted by Gasteiger charge is 2.11. The summed E-state index contributed by atoms with van der Waals surface area (Å²) in [5.41, 5.74) is 5.53. The lowest BCUT2D eigenvalue weighted by atomic mass is 10.0. The molecular formula is C14H21NO3. The molecule has 0 bridgehead atoms. The monoisotopic (exact) mass is 251 g/mol. The number of esters is 1. The van der Waals surface area contributed by atoms with E-state index in [1.165, 1.54) is 0 Å². The number of carbonyl (C=O) groups excluding carboxylic acids is 1. The van der Waals surface area contributed by atoms with Gasteiger partial charge in [0.2, 0.25) is 0 Å². The van der Waals surface area contributed by atoms with Crippen LogP contribution < -0.4 is 10.5 Å². The van der Waals surface area contributed by atoms with Crippen LogP contribution >= 0.6 is 0 Å². The van der Waals surface area contributed by atoms with Gasteiger partial charge in [-0.3, -0.25) is 4.79 Å². The molecule has 2 N–H and O–H groups in total. The zero-order valence-electron chi connectivity index (χ0n) is 10.8. The summed E-state index contributed by atoms with van der Waals surface area (Å²) in [4.78, 5) is 11.4. The maximum Gasteiger partial charge on any atom is 0.306 e. The molecule has 1 aromatic rings. The van der Waals surface area contributed by atoms with Gasteiger partial charge in [0.15, 0.2) is 0 Å². The van der Waals surface area contributed by atoms with Gasteiger partial charge in [0.05, 0.1) is 0 Å². The Morgan fingerprint density at radius 3 is 2.61 bits per heavy atom. The van der Waals surface area contributed by atoms with E-state index in [-0.39, 0.29) is 18.5 Å². The van der Waals surface area contributed by atoms with Crippen molar-refractivity contribution in [3.05, 3.63) is 30.3 Å². The summed E-state index contributed by atoms with van der Waals surface area (Å²) >= 11 is 0. The minimum absolute atomic E-state index is 0.205. The largest absolute Gasteiger partial charge is 0.490 e. The normalized spacial score (nSPS) is 11.9. The molecule has 1 rings (SSSR count). The summed E-state index contributed by atoms with van der Waals surface area (Å²) in [5, 5.41) is 0. The first-order chi connectivity index (χ1) is 8.76. The molecule has 0 aliphatic carbocycles. The molecular weight excluding hydrogens is 230 g/mol. The third-order valence-corrected chi connectivity index (χ3v) is 2.72. The summed E-state index contributed by atoms with van der Waals surface area (Å²) < 4.78 is 10.5.